The van der Waals surface area contributed by atoms with Gasteiger partial charge in [0.1, 0.15) is 11.6 Å². The van der Waals surface area contributed by atoms with Crippen LogP contribution in [0.5, 0.6) is 0 Å². The van der Waals surface area contributed by atoms with Gasteiger partial charge in [0, 0.05) is 13.1 Å². The molecule has 0 bridgehead atoms. The van der Waals surface area contributed by atoms with Gasteiger partial charge in [-0.3, -0.25) is 9.69 Å². The lowest BCUT2D eigenvalue weighted by molar-refractivity contribution is 0.0525. The maximum Gasteiger partial charge on any atom is 0.408 e. The van der Waals surface area contributed by atoms with Crippen molar-refractivity contribution in [3.8, 4) is 0 Å². The maximum absolute atomic E-state index is 13.5. The van der Waals surface area contributed by atoms with Crippen molar-refractivity contribution in [2.24, 2.45) is 0 Å². The predicted octanol–water partition coefficient (Wildman–Crippen LogP) is 5.72. The van der Waals surface area contributed by atoms with Crippen LogP contribution in [0.4, 0.5) is 9.59 Å². The number of alkyl carbamates (subject to hydrolysis) is 1. The number of para-hydroxylation sites is 1. The summed E-state index contributed by atoms with van der Waals surface area (Å²) in [7, 11) is 0. The molecular formula is C26H31N3O5S. The minimum absolute atomic E-state index is 0.0909. The highest BCUT2D eigenvalue weighted by atomic mass is 32.1. The molecule has 0 fully saturated rings. The largest absolute Gasteiger partial charge is 0.465 e. The first-order valence-corrected chi connectivity index (χ1v) is 12.4. The van der Waals surface area contributed by atoms with Gasteiger partial charge in [0.25, 0.3) is 0 Å². The number of carbonyl (C=O) groups excluding carboxylic acids is 2. The number of nitrogens with one attached hydrogen (secondary N) is 1. The molecule has 2 amide bonds. The zero-order valence-corrected chi connectivity index (χ0v) is 21.0. The number of ether oxygens (including phenoxy) is 1. The fourth-order valence-corrected chi connectivity index (χ4v) is 4.56. The summed E-state index contributed by atoms with van der Waals surface area (Å²) >= 11 is 1.27. The molecule has 9 heteroatoms. The van der Waals surface area contributed by atoms with Crippen LogP contribution in [0.3, 0.4) is 0 Å². The topological polar surface area (TPSA) is 109 Å². The predicted molar refractivity (Wildman–Crippen MR) is 136 cm³/mol. The van der Waals surface area contributed by atoms with Crippen LogP contribution in [0.1, 0.15) is 55.4 Å². The molecule has 0 spiro atoms. The lowest BCUT2D eigenvalue weighted by Crippen LogP contribution is -2.44. The minimum atomic E-state index is -1.17. The van der Waals surface area contributed by atoms with Gasteiger partial charge in [-0.1, -0.05) is 42.5 Å². The molecule has 0 aliphatic rings. The van der Waals surface area contributed by atoms with Crippen molar-refractivity contribution in [2.75, 3.05) is 6.54 Å². The van der Waals surface area contributed by atoms with E-state index >= 15 is 0 Å². The summed E-state index contributed by atoms with van der Waals surface area (Å²) in [6.07, 6.45) is -0.252. The van der Waals surface area contributed by atoms with E-state index in [0.29, 0.717) is 36.3 Å². The Kier molecular flexibility index (Phi) is 8.81. The van der Waals surface area contributed by atoms with Gasteiger partial charge in [0.2, 0.25) is 5.78 Å². The zero-order valence-electron chi connectivity index (χ0n) is 20.2. The first-order valence-electron chi connectivity index (χ1n) is 11.5. The van der Waals surface area contributed by atoms with Crippen molar-refractivity contribution >= 4 is 39.5 Å². The third kappa shape index (κ3) is 7.78. The van der Waals surface area contributed by atoms with E-state index in [1.807, 2.05) is 54.6 Å². The molecule has 186 valence electrons. The van der Waals surface area contributed by atoms with Crippen LogP contribution in [0.25, 0.3) is 10.2 Å². The van der Waals surface area contributed by atoms with Crippen LogP contribution in [0.2, 0.25) is 0 Å². The van der Waals surface area contributed by atoms with Crippen molar-refractivity contribution in [2.45, 2.75) is 58.2 Å². The molecule has 0 aliphatic carbocycles. The molecule has 1 unspecified atom stereocenters. The Morgan fingerprint density at radius 2 is 1.74 bits per heavy atom. The van der Waals surface area contributed by atoms with Crippen LogP contribution in [0, 0.1) is 0 Å². The Morgan fingerprint density at radius 3 is 2.40 bits per heavy atom. The minimum Gasteiger partial charge on any atom is -0.465 e. The first kappa shape index (κ1) is 26.2. The van der Waals surface area contributed by atoms with Crippen LogP contribution >= 0.6 is 11.3 Å². The number of amides is 2. The molecule has 1 aromatic heterocycles. The number of hydrogen-bond donors (Lipinski definition) is 2. The standard InChI is InChI=1S/C26H31N3O5S/c1-26(2,3)34-24(31)27-16-10-9-14-20(29(25(32)33)17-18-11-5-4-6-12-18)22(30)23-28-19-13-7-8-15-21(19)35-23/h4-8,11-13,15,20H,9-10,14,16-17H2,1-3H3,(H,27,31)(H,32,33). The first-order chi connectivity index (χ1) is 16.6. The SMILES string of the molecule is CC(C)(C)OC(=O)NCCCCC(C(=O)c1nc2ccccc2s1)N(Cc1ccccc1)C(=O)O. The smallest absolute Gasteiger partial charge is 0.408 e. The molecule has 0 radical (unpaired) electrons. The van der Waals surface area contributed by atoms with E-state index in [4.69, 9.17) is 4.74 Å². The van der Waals surface area contributed by atoms with Crippen LogP contribution < -0.4 is 5.32 Å². The molecule has 3 rings (SSSR count). The third-order valence-corrected chi connectivity index (χ3v) is 6.25. The van der Waals surface area contributed by atoms with E-state index < -0.39 is 23.8 Å². The molecule has 35 heavy (non-hydrogen) atoms. The zero-order chi connectivity index (χ0) is 25.4. The second-order valence-corrected chi connectivity index (χ2v) is 10.2. The van der Waals surface area contributed by atoms with Gasteiger partial charge < -0.3 is 15.2 Å². The van der Waals surface area contributed by atoms with E-state index in [1.165, 1.54) is 16.2 Å². The molecule has 0 aliphatic heterocycles. The van der Waals surface area contributed by atoms with Crippen molar-refractivity contribution in [3.05, 3.63) is 65.2 Å². The number of unbranched alkanes of at least 4 members (excludes halogenated alkanes) is 1. The van der Waals surface area contributed by atoms with E-state index in [0.717, 1.165) is 10.3 Å². The molecule has 2 aromatic carbocycles. The molecular weight excluding hydrogens is 466 g/mol. The Morgan fingerprint density at radius 1 is 1.06 bits per heavy atom. The molecule has 1 atom stereocenters. The van der Waals surface area contributed by atoms with Gasteiger partial charge in [0.15, 0.2) is 5.01 Å². The highest BCUT2D eigenvalue weighted by molar-refractivity contribution is 7.20. The van der Waals surface area contributed by atoms with E-state index in [2.05, 4.69) is 10.3 Å². The average Bonchev–Trinajstić information content (AvgIpc) is 3.23. The monoisotopic (exact) mass is 497 g/mol. The fourth-order valence-electron chi connectivity index (χ4n) is 3.61. The van der Waals surface area contributed by atoms with Crippen molar-refractivity contribution in [1.29, 1.82) is 0 Å². The second kappa shape index (κ2) is 11.8. The lowest BCUT2D eigenvalue weighted by atomic mass is 10.0. The number of carboxylic acid groups (broad SMARTS) is 1. The van der Waals surface area contributed by atoms with Crippen LogP contribution in [-0.2, 0) is 11.3 Å². The van der Waals surface area contributed by atoms with Gasteiger partial charge in [-0.2, -0.15) is 0 Å². The van der Waals surface area contributed by atoms with Crippen molar-refractivity contribution in [1.82, 2.24) is 15.2 Å². The Balaban J connectivity index is 1.73. The third-order valence-electron chi connectivity index (χ3n) is 5.20. The molecule has 0 saturated heterocycles. The van der Waals surface area contributed by atoms with E-state index in [-0.39, 0.29) is 12.3 Å². The number of ketones is 1. The van der Waals surface area contributed by atoms with Crippen molar-refractivity contribution in [3.63, 3.8) is 0 Å². The van der Waals surface area contributed by atoms with E-state index in [1.54, 1.807) is 20.8 Å². The van der Waals surface area contributed by atoms with Gasteiger partial charge in [-0.15, -0.1) is 11.3 Å². The number of nitrogens with zero attached hydrogens (tertiary/aromatic N) is 2. The Labute approximate surface area is 208 Å². The summed E-state index contributed by atoms with van der Waals surface area (Å²) < 4.78 is 6.11. The van der Waals surface area contributed by atoms with Crippen LogP contribution in [0.15, 0.2) is 54.6 Å². The number of hydrogen-bond acceptors (Lipinski definition) is 6. The molecule has 0 saturated carbocycles. The normalized spacial score (nSPS) is 12.2. The van der Waals surface area contributed by atoms with Gasteiger partial charge in [-0.25, -0.2) is 14.6 Å². The number of thiazole rings is 1. The highest BCUT2D eigenvalue weighted by Crippen LogP contribution is 2.26. The quantitative estimate of drug-likeness (QED) is 0.274. The molecule has 3 aromatic rings. The van der Waals surface area contributed by atoms with Crippen LogP contribution in [-0.4, -0.2) is 51.1 Å². The molecule has 8 nitrogen and oxygen atoms in total. The molecule has 2 N–H and O–H groups in total. The van der Waals surface area contributed by atoms with Gasteiger partial charge in [0.05, 0.1) is 10.2 Å². The maximum atomic E-state index is 13.5. The summed E-state index contributed by atoms with van der Waals surface area (Å²) in [4.78, 5) is 43.3. The summed E-state index contributed by atoms with van der Waals surface area (Å²) in [5.74, 6) is -0.315. The summed E-state index contributed by atoms with van der Waals surface area (Å²) in [5.41, 5.74) is 0.924. The number of benzene rings is 2. The molecule has 1 heterocycles. The fraction of sp³-hybridized carbons (Fsp3) is 0.385. The van der Waals surface area contributed by atoms with Gasteiger partial charge in [-0.05, 0) is 57.7 Å². The lowest BCUT2D eigenvalue weighted by Gasteiger charge is -2.28. The van der Waals surface area contributed by atoms with E-state index in [9.17, 15) is 19.5 Å². The number of aromatic nitrogens is 1. The number of fused-ring (bicyclic) bond motifs is 1. The number of Topliss-reactive ketones (excluding diaryl/α,β-unsaturated/α-hetero) is 1. The summed E-state index contributed by atoms with van der Waals surface area (Å²) in [6, 6.07) is 15.8. The second-order valence-electron chi connectivity index (χ2n) is 9.19. The Hall–Kier alpha value is -3.46. The van der Waals surface area contributed by atoms with Crippen molar-refractivity contribution < 1.29 is 24.2 Å². The number of rotatable bonds is 10. The summed E-state index contributed by atoms with van der Waals surface area (Å²) in [6.45, 7) is 5.82. The summed E-state index contributed by atoms with van der Waals surface area (Å²) in [5, 5.41) is 13.0. The number of carbonyl (C=O) groups is 3. The average molecular weight is 498 g/mol. The Bertz CT molecular complexity index is 1120. The van der Waals surface area contributed by atoms with Gasteiger partial charge >= 0.3 is 12.2 Å². The highest BCUT2D eigenvalue weighted by Gasteiger charge is 2.32.